The van der Waals surface area contributed by atoms with Gasteiger partial charge < -0.3 is 19.7 Å². The first-order valence-corrected chi connectivity index (χ1v) is 11.2. The maximum absolute atomic E-state index is 12.2. The molecule has 2 aromatic heterocycles. The van der Waals surface area contributed by atoms with Crippen LogP contribution in [0.4, 0.5) is 10.5 Å². The minimum atomic E-state index is -0.245. The highest BCUT2D eigenvalue weighted by molar-refractivity contribution is 5.89. The van der Waals surface area contributed by atoms with Crippen molar-refractivity contribution in [1.29, 1.82) is 0 Å². The molecule has 0 spiro atoms. The van der Waals surface area contributed by atoms with Gasteiger partial charge >= 0.3 is 6.03 Å². The van der Waals surface area contributed by atoms with E-state index in [1.807, 2.05) is 96.6 Å². The number of hydrogen-bond donors (Lipinski definition) is 2. The Morgan fingerprint density at radius 2 is 1.80 bits per heavy atom. The van der Waals surface area contributed by atoms with Gasteiger partial charge in [0.1, 0.15) is 5.69 Å². The summed E-state index contributed by atoms with van der Waals surface area (Å²) < 4.78 is 7.37. The molecule has 0 saturated carbocycles. The Bertz CT molecular complexity index is 1420. The molecule has 2 N–H and O–H groups in total. The van der Waals surface area contributed by atoms with E-state index < -0.39 is 0 Å². The third kappa shape index (κ3) is 5.62. The molecular formula is C27H24N6O2. The SMILES string of the molecule is Cc1cccc(-c2noc(-c3cn(Cc4ccc(NC(=O)NCc5ccccc5)cc4)cn3)n2)c1. The Kier molecular flexibility index (Phi) is 6.34. The van der Waals surface area contributed by atoms with Crippen LogP contribution in [0.5, 0.6) is 0 Å². The average Bonchev–Trinajstić information content (AvgIpc) is 3.55. The molecule has 8 nitrogen and oxygen atoms in total. The summed E-state index contributed by atoms with van der Waals surface area (Å²) >= 11 is 0. The third-order valence-corrected chi connectivity index (χ3v) is 5.43. The molecule has 0 atom stereocenters. The van der Waals surface area contributed by atoms with Gasteiger partial charge in [-0.3, -0.25) is 0 Å². The number of anilines is 1. The molecule has 0 bridgehead atoms. The minimum Gasteiger partial charge on any atom is -0.334 e. The Morgan fingerprint density at radius 1 is 0.971 bits per heavy atom. The first-order valence-electron chi connectivity index (χ1n) is 11.2. The van der Waals surface area contributed by atoms with Gasteiger partial charge in [-0.2, -0.15) is 4.98 Å². The van der Waals surface area contributed by atoms with E-state index in [9.17, 15) is 4.79 Å². The van der Waals surface area contributed by atoms with Crippen LogP contribution in [0, 0.1) is 6.92 Å². The number of nitrogens with one attached hydrogen (secondary N) is 2. The second-order valence-electron chi connectivity index (χ2n) is 8.21. The number of urea groups is 1. The van der Waals surface area contributed by atoms with Gasteiger partial charge in [0.2, 0.25) is 5.82 Å². The predicted molar refractivity (Wildman–Crippen MR) is 134 cm³/mol. The number of hydrogen-bond acceptors (Lipinski definition) is 5. The lowest BCUT2D eigenvalue weighted by atomic mass is 10.1. The van der Waals surface area contributed by atoms with Crippen LogP contribution in [-0.2, 0) is 13.1 Å². The fourth-order valence-corrected chi connectivity index (χ4v) is 3.64. The van der Waals surface area contributed by atoms with Crippen LogP contribution in [0.15, 0.2) is 95.9 Å². The zero-order valence-electron chi connectivity index (χ0n) is 19.2. The zero-order chi connectivity index (χ0) is 24.0. The summed E-state index contributed by atoms with van der Waals surface area (Å²) in [6.45, 7) is 3.11. The summed E-state index contributed by atoms with van der Waals surface area (Å²) in [5.41, 5.74) is 5.48. The molecule has 2 amide bonds. The van der Waals surface area contributed by atoms with Crippen LogP contribution in [0.2, 0.25) is 0 Å². The largest absolute Gasteiger partial charge is 0.334 e. The van der Waals surface area contributed by atoms with Crippen molar-refractivity contribution in [1.82, 2.24) is 25.0 Å². The van der Waals surface area contributed by atoms with Crippen molar-refractivity contribution in [2.75, 3.05) is 5.32 Å². The summed E-state index contributed by atoms with van der Waals surface area (Å²) in [7, 11) is 0. The van der Waals surface area contributed by atoms with Crippen LogP contribution >= 0.6 is 0 Å². The molecule has 0 fully saturated rings. The van der Waals surface area contributed by atoms with Crippen molar-refractivity contribution in [2.45, 2.75) is 20.0 Å². The lowest BCUT2D eigenvalue weighted by molar-refractivity contribution is 0.251. The van der Waals surface area contributed by atoms with E-state index in [-0.39, 0.29) is 6.03 Å². The lowest BCUT2D eigenvalue weighted by Gasteiger charge is -2.09. The molecule has 0 unspecified atom stereocenters. The normalized spacial score (nSPS) is 10.8. The maximum atomic E-state index is 12.2. The van der Waals surface area contributed by atoms with Gasteiger partial charge in [0.25, 0.3) is 5.89 Å². The maximum Gasteiger partial charge on any atom is 0.319 e. The van der Waals surface area contributed by atoms with Crippen LogP contribution in [0.25, 0.3) is 23.0 Å². The first kappa shape index (κ1) is 22.1. The Labute approximate surface area is 202 Å². The predicted octanol–water partition coefficient (Wildman–Crippen LogP) is 5.28. The number of aromatic nitrogens is 4. The monoisotopic (exact) mass is 464 g/mol. The summed E-state index contributed by atoms with van der Waals surface area (Å²) in [5, 5.41) is 9.79. The van der Waals surface area contributed by atoms with E-state index in [0.717, 1.165) is 27.9 Å². The molecule has 5 aromatic rings. The Balaban J connectivity index is 1.17. The number of nitrogens with zero attached hydrogens (tertiary/aromatic N) is 4. The quantitative estimate of drug-likeness (QED) is 0.342. The summed E-state index contributed by atoms with van der Waals surface area (Å²) in [5.74, 6) is 0.912. The van der Waals surface area contributed by atoms with E-state index in [4.69, 9.17) is 4.52 Å². The zero-order valence-corrected chi connectivity index (χ0v) is 19.2. The highest BCUT2D eigenvalue weighted by atomic mass is 16.5. The highest BCUT2D eigenvalue weighted by Crippen LogP contribution is 2.22. The molecule has 0 radical (unpaired) electrons. The smallest absolute Gasteiger partial charge is 0.319 e. The van der Waals surface area contributed by atoms with Gasteiger partial charge in [-0.1, -0.05) is 71.4 Å². The number of amides is 2. The number of carbonyl (C=O) groups excluding carboxylic acids is 1. The molecule has 3 aromatic carbocycles. The molecule has 174 valence electrons. The molecule has 0 aliphatic carbocycles. The van der Waals surface area contributed by atoms with Crippen molar-refractivity contribution in [3.8, 4) is 23.0 Å². The molecule has 0 aliphatic heterocycles. The number of benzene rings is 3. The fourth-order valence-electron chi connectivity index (χ4n) is 3.64. The number of carbonyl (C=O) groups is 1. The topological polar surface area (TPSA) is 97.9 Å². The molecular weight excluding hydrogens is 440 g/mol. The molecule has 0 aliphatic rings. The number of imidazole rings is 1. The van der Waals surface area contributed by atoms with E-state index >= 15 is 0 Å². The molecule has 2 heterocycles. The molecule has 35 heavy (non-hydrogen) atoms. The third-order valence-electron chi connectivity index (χ3n) is 5.43. The number of rotatable bonds is 7. The van der Waals surface area contributed by atoms with E-state index in [1.165, 1.54) is 0 Å². The summed E-state index contributed by atoms with van der Waals surface area (Å²) in [4.78, 5) is 21.1. The van der Waals surface area contributed by atoms with Crippen molar-refractivity contribution >= 4 is 11.7 Å². The van der Waals surface area contributed by atoms with Crippen molar-refractivity contribution in [3.63, 3.8) is 0 Å². The van der Waals surface area contributed by atoms with Gasteiger partial charge in [0.15, 0.2) is 0 Å². The lowest BCUT2D eigenvalue weighted by Crippen LogP contribution is -2.28. The van der Waals surface area contributed by atoms with Crippen molar-refractivity contribution in [3.05, 3.63) is 108 Å². The van der Waals surface area contributed by atoms with Crippen LogP contribution in [0.3, 0.4) is 0 Å². The second-order valence-corrected chi connectivity index (χ2v) is 8.21. The minimum absolute atomic E-state index is 0.245. The Morgan fingerprint density at radius 3 is 2.60 bits per heavy atom. The van der Waals surface area contributed by atoms with E-state index in [2.05, 4.69) is 25.8 Å². The van der Waals surface area contributed by atoms with Gasteiger partial charge in [-0.15, -0.1) is 0 Å². The van der Waals surface area contributed by atoms with Gasteiger partial charge in [-0.25, -0.2) is 9.78 Å². The van der Waals surface area contributed by atoms with Gasteiger partial charge in [0.05, 0.1) is 6.33 Å². The van der Waals surface area contributed by atoms with Crippen molar-refractivity contribution in [2.24, 2.45) is 0 Å². The van der Waals surface area contributed by atoms with Crippen molar-refractivity contribution < 1.29 is 9.32 Å². The van der Waals surface area contributed by atoms with Gasteiger partial charge in [-0.05, 0) is 36.2 Å². The van der Waals surface area contributed by atoms with Crippen LogP contribution < -0.4 is 10.6 Å². The van der Waals surface area contributed by atoms with Crippen LogP contribution in [-0.4, -0.2) is 25.7 Å². The molecule has 5 rings (SSSR count). The second kappa shape index (κ2) is 10.0. The number of aryl methyl sites for hydroxylation is 1. The summed E-state index contributed by atoms with van der Waals surface area (Å²) in [6, 6.07) is 25.2. The summed E-state index contributed by atoms with van der Waals surface area (Å²) in [6.07, 6.45) is 3.60. The fraction of sp³-hybridized carbons (Fsp3) is 0.111. The molecule has 8 heteroatoms. The molecule has 0 saturated heterocycles. The highest BCUT2D eigenvalue weighted by Gasteiger charge is 2.13. The van der Waals surface area contributed by atoms with E-state index in [1.54, 1.807) is 6.33 Å². The first-order chi connectivity index (χ1) is 17.1. The van der Waals surface area contributed by atoms with Gasteiger partial charge in [0, 0.05) is 30.5 Å². The van der Waals surface area contributed by atoms with Crippen LogP contribution in [0.1, 0.15) is 16.7 Å². The standard InChI is InChI=1S/C27H24N6O2/c1-19-6-5-9-22(14-19)25-31-26(35-32-25)24-17-33(18-29-24)16-21-10-12-23(13-11-21)30-27(34)28-15-20-7-3-2-4-8-20/h2-14,17-18H,15-16H2,1H3,(H2,28,30,34). The Hall–Kier alpha value is -4.72. The average molecular weight is 465 g/mol. The van der Waals surface area contributed by atoms with E-state index in [0.29, 0.717) is 30.5 Å².